The van der Waals surface area contributed by atoms with Crippen molar-refractivity contribution in [1.29, 1.82) is 0 Å². The number of carbonyl (C=O) groups is 2. The van der Waals surface area contributed by atoms with Gasteiger partial charge in [-0.3, -0.25) is 9.59 Å². The van der Waals surface area contributed by atoms with Gasteiger partial charge in [0.05, 0.1) is 32.4 Å². The van der Waals surface area contributed by atoms with Gasteiger partial charge in [-0.1, -0.05) is 12.1 Å². The minimum Gasteiger partial charge on any atom is -0.497 e. The molecule has 2 aromatic rings. The number of ether oxygens (including phenoxy) is 2. The number of methoxy groups -OCH3 is 2. The topological polar surface area (TPSA) is 107 Å². The lowest BCUT2D eigenvalue weighted by Crippen LogP contribution is -2.33. The van der Waals surface area contributed by atoms with E-state index in [9.17, 15) is 9.59 Å². The second-order valence-corrected chi connectivity index (χ2v) is 6.12. The minimum absolute atomic E-state index is 0.132. The van der Waals surface area contributed by atoms with Crippen molar-refractivity contribution in [2.75, 3.05) is 25.7 Å². The van der Waals surface area contributed by atoms with Gasteiger partial charge in [-0.25, -0.2) is 0 Å². The van der Waals surface area contributed by atoms with Gasteiger partial charge in [-0.05, 0) is 12.1 Å². The Morgan fingerprint density at radius 1 is 1.37 bits per heavy atom. The Balaban J connectivity index is 1.65. The summed E-state index contributed by atoms with van der Waals surface area (Å²) in [7, 11) is 3.08. The van der Waals surface area contributed by atoms with E-state index in [1.165, 1.54) is 7.11 Å². The third kappa shape index (κ3) is 4.02. The van der Waals surface area contributed by atoms with Crippen LogP contribution in [0, 0.1) is 5.92 Å². The summed E-state index contributed by atoms with van der Waals surface area (Å²) >= 11 is 0. The lowest BCUT2D eigenvalue weighted by atomic mass is 10.1. The highest BCUT2D eigenvalue weighted by molar-refractivity contribution is 6.01. The molecule has 3 rings (SSSR count). The predicted molar refractivity (Wildman–Crippen MR) is 95.5 cm³/mol. The van der Waals surface area contributed by atoms with Gasteiger partial charge in [0.25, 0.3) is 0 Å². The number of hydrogen-bond donors (Lipinski definition) is 1. The first-order chi connectivity index (χ1) is 13.0. The first-order valence-electron chi connectivity index (χ1n) is 8.67. The van der Waals surface area contributed by atoms with E-state index in [0.717, 1.165) is 0 Å². The number of nitrogens with one attached hydrogen (secondary N) is 1. The average molecular weight is 374 g/mol. The zero-order valence-electron chi connectivity index (χ0n) is 15.5. The first kappa shape index (κ1) is 18.7. The van der Waals surface area contributed by atoms with Crippen LogP contribution < -0.4 is 19.7 Å². The standard InChI is InChI=1S/C18H22N4O5/c1-4-16-20-15(21-27-16)9-19-18(24)11-7-17(23)22(10-11)13-6-5-12(25-2)8-14(13)26-3/h5-6,8,11H,4,7,9-10H2,1-3H3,(H,19,24)/t11-/m1/s1. The maximum Gasteiger partial charge on any atom is 0.227 e. The van der Waals surface area contributed by atoms with E-state index in [4.69, 9.17) is 14.0 Å². The minimum atomic E-state index is -0.457. The molecule has 27 heavy (non-hydrogen) atoms. The van der Waals surface area contributed by atoms with Crippen molar-refractivity contribution in [1.82, 2.24) is 15.5 Å². The third-order valence-corrected chi connectivity index (χ3v) is 4.41. The number of anilines is 1. The molecule has 1 aliphatic rings. The molecule has 9 nitrogen and oxygen atoms in total. The van der Waals surface area contributed by atoms with Gasteiger partial charge in [-0.15, -0.1) is 0 Å². The van der Waals surface area contributed by atoms with Crippen molar-refractivity contribution in [3.63, 3.8) is 0 Å². The molecule has 2 heterocycles. The highest BCUT2D eigenvalue weighted by Crippen LogP contribution is 2.35. The summed E-state index contributed by atoms with van der Waals surface area (Å²) in [6.45, 7) is 2.35. The maximum absolute atomic E-state index is 12.4. The molecular weight excluding hydrogens is 352 g/mol. The summed E-state index contributed by atoms with van der Waals surface area (Å²) in [4.78, 5) is 30.6. The number of amides is 2. The van der Waals surface area contributed by atoms with Crippen LogP contribution in [0.5, 0.6) is 11.5 Å². The monoisotopic (exact) mass is 374 g/mol. The number of nitrogens with zero attached hydrogens (tertiary/aromatic N) is 3. The molecule has 0 aliphatic carbocycles. The van der Waals surface area contributed by atoms with Gasteiger partial charge in [0, 0.05) is 25.5 Å². The fraction of sp³-hybridized carbons (Fsp3) is 0.444. The van der Waals surface area contributed by atoms with E-state index in [-0.39, 0.29) is 31.3 Å². The normalized spacial score (nSPS) is 16.5. The van der Waals surface area contributed by atoms with Crippen LogP contribution >= 0.6 is 0 Å². The van der Waals surface area contributed by atoms with Crippen LogP contribution in [-0.4, -0.2) is 42.7 Å². The van der Waals surface area contributed by atoms with Gasteiger partial charge in [0.1, 0.15) is 11.5 Å². The van der Waals surface area contributed by atoms with E-state index in [2.05, 4.69) is 15.5 Å². The third-order valence-electron chi connectivity index (χ3n) is 4.41. The van der Waals surface area contributed by atoms with Crippen molar-refractivity contribution in [3.8, 4) is 11.5 Å². The highest BCUT2D eigenvalue weighted by Gasteiger charge is 2.36. The van der Waals surface area contributed by atoms with Crippen molar-refractivity contribution >= 4 is 17.5 Å². The molecule has 0 bridgehead atoms. The second-order valence-electron chi connectivity index (χ2n) is 6.12. The van der Waals surface area contributed by atoms with E-state index < -0.39 is 5.92 Å². The summed E-state index contributed by atoms with van der Waals surface area (Å²) in [6.07, 6.45) is 0.768. The van der Waals surface area contributed by atoms with Gasteiger partial charge >= 0.3 is 0 Å². The van der Waals surface area contributed by atoms with Crippen molar-refractivity contribution in [2.45, 2.75) is 26.3 Å². The fourth-order valence-corrected chi connectivity index (χ4v) is 2.94. The molecule has 1 N–H and O–H groups in total. The summed E-state index contributed by atoms with van der Waals surface area (Å²) in [5.74, 6) is 1.27. The quantitative estimate of drug-likeness (QED) is 0.779. The van der Waals surface area contributed by atoms with Crippen LogP contribution in [0.1, 0.15) is 25.1 Å². The van der Waals surface area contributed by atoms with Crippen molar-refractivity contribution in [2.24, 2.45) is 5.92 Å². The van der Waals surface area contributed by atoms with Gasteiger partial charge in [0.2, 0.25) is 17.7 Å². The largest absolute Gasteiger partial charge is 0.497 e. The Labute approximate surface area is 156 Å². The van der Waals surface area contributed by atoms with Gasteiger partial charge < -0.3 is 24.2 Å². The smallest absolute Gasteiger partial charge is 0.227 e. The predicted octanol–water partition coefficient (Wildman–Crippen LogP) is 1.32. The Hall–Kier alpha value is -3.10. The van der Waals surface area contributed by atoms with Crippen LogP contribution in [0.25, 0.3) is 0 Å². The lowest BCUT2D eigenvalue weighted by Gasteiger charge is -2.20. The molecule has 1 aliphatic heterocycles. The number of benzene rings is 1. The lowest BCUT2D eigenvalue weighted by molar-refractivity contribution is -0.126. The summed E-state index contributed by atoms with van der Waals surface area (Å²) < 4.78 is 15.5. The van der Waals surface area contributed by atoms with E-state index in [1.807, 2.05) is 6.92 Å². The van der Waals surface area contributed by atoms with Crippen LogP contribution in [0.3, 0.4) is 0 Å². The zero-order valence-corrected chi connectivity index (χ0v) is 15.5. The summed E-state index contributed by atoms with van der Waals surface area (Å²) in [5.41, 5.74) is 0.615. The summed E-state index contributed by atoms with van der Waals surface area (Å²) in [6, 6.07) is 5.21. The molecule has 0 unspecified atom stereocenters. The van der Waals surface area contributed by atoms with Gasteiger partial charge in [-0.2, -0.15) is 4.98 Å². The number of aryl methyl sites for hydroxylation is 1. The molecule has 1 saturated heterocycles. The average Bonchev–Trinajstić information content (AvgIpc) is 3.32. The van der Waals surface area contributed by atoms with Crippen molar-refractivity contribution < 1.29 is 23.6 Å². The van der Waals surface area contributed by atoms with E-state index >= 15 is 0 Å². The fourth-order valence-electron chi connectivity index (χ4n) is 2.94. The molecule has 9 heteroatoms. The number of aromatic nitrogens is 2. The molecule has 1 fully saturated rings. The molecule has 2 amide bonds. The maximum atomic E-state index is 12.4. The van der Waals surface area contributed by atoms with E-state index in [0.29, 0.717) is 35.3 Å². The molecule has 1 atom stereocenters. The zero-order chi connectivity index (χ0) is 19.4. The van der Waals surface area contributed by atoms with Crippen LogP contribution in [0.2, 0.25) is 0 Å². The highest BCUT2D eigenvalue weighted by atomic mass is 16.5. The SMILES string of the molecule is CCc1nc(CNC(=O)[C@@H]2CC(=O)N(c3ccc(OC)cc3OC)C2)no1. The van der Waals surface area contributed by atoms with Crippen LogP contribution in [0.4, 0.5) is 5.69 Å². The Morgan fingerprint density at radius 2 is 2.19 bits per heavy atom. The number of carbonyl (C=O) groups excluding carboxylic acids is 2. The first-order valence-corrected chi connectivity index (χ1v) is 8.67. The number of rotatable bonds is 7. The summed E-state index contributed by atoms with van der Waals surface area (Å²) in [5, 5.41) is 6.56. The van der Waals surface area contributed by atoms with E-state index in [1.54, 1.807) is 30.2 Å². The molecule has 144 valence electrons. The second kappa shape index (κ2) is 8.07. The molecule has 1 aromatic heterocycles. The molecular formula is C18H22N4O5. The van der Waals surface area contributed by atoms with Crippen LogP contribution in [-0.2, 0) is 22.6 Å². The van der Waals surface area contributed by atoms with Crippen molar-refractivity contribution in [3.05, 3.63) is 29.9 Å². The molecule has 0 radical (unpaired) electrons. The molecule has 1 aromatic carbocycles. The number of hydrogen-bond acceptors (Lipinski definition) is 7. The van der Waals surface area contributed by atoms with Crippen LogP contribution in [0.15, 0.2) is 22.7 Å². The Kier molecular flexibility index (Phi) is 5.58. The molecule has 0 spiro atoms. The Morgan fingerprint density at radius 3 is 2.85 bits per heavy atom. The molecule has 0 saturated carbocycles. The Bertz CT molecular complexity index is 835. The van der Waals surface area contributed by atoms with Gasteiger partial charge in [0.15, 0.2) is 5.82 Å².